The molecule has 5 heteroatoms. The first kappa shape index (κ1) is 15.0. The number of nitrogens with zero attached hydrogens (tertiary/aromatic N) is 1. The smallest absolute Gasteiger partial charge is 0.257 e. The van der Waals surface area contributed by atoms with Crippen molar-refractivity contribution in [3.8, 4) is 0 Å². The molecule has 1 fully saturated rings. The van der Waals surface area contributed by atoms with E-state index in [1.807, 2.05) is 16.2 Å². The lowest BCUT2D eigenvalue weighted by atomic mass is 9.92. The Morgan fingerprint density at radius 2 is 2.13 bits per heavy atom. The summed E-state index contributed by atoms with van der Waals surface area (Å²) in [6, 6.07) is 5.05. The lowest BCUT2D eigenvalue weighted by Gasteiger charge is -2.35. The van der Waals surface area contributed by atoms with Gasteiger partial charge in [-0.05, 0) is 55.2 Å². The minimum Gasteiger partial charge on any atom is -0.472 e. The van der Waals surface area contributed by atoms with Gasteiger partial charge in [-0.2, -0.15) is 0 Å². The summed E-state index contributed by atoms with van der Waals surface area (Å²) in [5.41, 5.74) is 2.17. The second-order valence-electron chi connectivity index (χ2n) is 6.49. The monoisotopic (exact) mass is 330 g/mol. The maximum Gasteiger partial charge on any atom is 0.257 e. The van der Waals surface area contributed by atoms with Crippen LogP contribution in [0, 0.1) is 0 Å². The summed E-state index contributed by atoms with van der Waals surface area (Å²) < 4.78 is 5.01. The Morgan fingerprint density at radius 3 is 2.91 bits per heavy atom. The first-order chi connectivity index (χ1) is 11.3. The molecule has 1 aliphatic heterocycles. The number of rotatable bonds is 3. The molecule has 0 saturated carbocycles. The molecule has 0 unspecified atom stereocenters. The normalized spacial score (nSPS) is 22.1. The van der Waals surface area contributed by atoms with Crippen LogP contribution >= 0.6 is 11.3 Å². The van der Waals surface area contributed by atoms with Gasteiger partial charge < -0.3 is 14.6 Å². The Labute approximate surface area is 140 Å². The number of hydrogen-bond acceptors (Lipinski definition) is 4. The molecule has 0 aromatic carbocycles. The fraction of sp³-hybridized carbons (Fsp3) is 0.500. The third-order valence-corrected chi connectivity index (χ3v) is 6.04. The molecule has 1 saturated heterocycles. The minimum atomic E-state index is 0.0926. The van der Waals surface area contributed by atoms with Crippen LogP contribution in [0.4, 0.5) is 0 Å². The van der Waals surface area contributed by atoms with E-state index < -0.39 is 0 Å². The molecule has 3 heterocycles. The van der Waals surface area contributed by atoms with Gasteiger partial charge in [0.15, 0.2) is 0 Å². The molecule has 0 spiro atoms. The van der Waals surface area contributed by atoms with Crippen LogP contribution in [0.5, 0.6) is 0 Å². The van der Waals surface area contributed by atoms with E-state index in [9.17, 15) is 4.79 Å². The SMILES string of the molecule is O=C(c1ccoc1)N1CCC(N[C@H]2CCCc3sccc32)CC1. The van der Waals surface area contributed by atoms with Crippen molar-refractivity contribution in [2.24, 2.45) is 0 Å². The molecule has 2 aromatic heterocycles. The van der Waals surface area contributed by atoms with Crippen molar-refractivity contribution in [3.05, 3.63) is 46.0 Å². The van der Waals surface area contributed by atoms with Gasteiger partial charge in [0.05, 0.1) is 11.8 Å². The summed E-state index contributed by atoms with van der Waals surface area (Å²) in [5, 5.41) is 6.06. The maximum atomic E-state index is 12.3. The lowest BCUT2D eigenvalue weighted by molar-refractivity contribution is 0.0700. The number of amides is 1. The van der Waals surface area contributed by atoms with Crippen LogP contribution in [0.25, 0.3) is 0 Å². The number of thiophene rings is 1. The van der Waals surface area contributed by atoms with Gasteiger partial charge >= 0.3 is 0 Å². The summed E-state index contributed by atoms with van der Waals surface area (Å²) in [4.78, 5) is 15.8. The molecule has 4 nitrogen and oxygen atoms in total. The van der Waals surface area contributed by atoms with Gasteiger partial charge in [-0.25, -0.2) is 0 Å². The highest BCUT2D eigenvalue weighted by Gasteiger charge is 2.28. The molecule has 4 rings (SSSR count). The van der Waals surface area contributed by atoms with Gasteiger partial charge in [-0.15, -0.1) is 11.3 Å². The molecule has 1 N–H and O–H groups in total. The minimum absolute atomic E-state index is 0.0926. The number of carbonyl (C=O) groups excluding carboxylic acids is 1. The van der Waals surface area contributed by atoms with Crippen molar-refractivity contribution >= 4 is 17.2 Å². The van der Waals surface area contributed by atoms with E-state index in [1.54, 1.807) is 17.2 Å². The molecule has 1 aliphatic carbocycles. The maximum absolute atomic E-state index is 12.3. The fourth-order valence-corrected chi connectivity index (χ4v) is 4.75. The van der Waals surface area contributed by atoms with E-state index in [-0.39, 0.29) is 5.91 Å². The molecular formula is C18H22N2O2S. The number of hydrogen-bond donors (Lipinski definition) is 1. The average Bonchev–Trinajstić information content (AvgIpc) is 3.27. The second kappa shape index (κ2) is 6.49. The Hall–Kier alpha value is -1.59. The molecule has 122 valence electrons. The zero-order chi connectivity index (χ0) is 15.6. The first-order valence-corrected chi connectivity index (χ1v) is 9.33. The predicted octanol–water partition coefficient (Wildman–Crippen LogP) is 3.61. The molecule has 0 bridgehead atoms. The average molecular weight is 330 g/mol. The Morgan fingerprint density at radius 1 is 1.26 bits per heavy atom. The molecule has 0 radical (unpaired) electrons. The summed E-state index contributed by atoms with van der Waals surface area (Å²) >= 11 is 1.89. The van der Waals surface area contributed by atoms with Gasteiger partial charge in [-0.1, -0.05) is 0 Å². The van der Waals surface area contributed by atoms with Crippen LogP contribution in [0.2, 0.25) is 0 Å². The lowest BCUT2D eigenvalue weighted by Crippen LogP contribution is -2.46. The van der Waals surface area contributed by atoms with Crippen LogP contribution in [-0.2, 0) is 6.42 Å². The third kappa shape index (κ3) is 3.08. The molecule has 1 atom stereocenters. The summed E-state index contributed by atoms with van der Waals surface area (Å²) in [5.74, 6) is 0.0926. The number of furan rings is 1. The zero-order valence-electron chi connectivity index (χ0n) is 13.2. The number of aryl methyl sites for hydroxylation is 1. The van der Waals surface area contributed by atoms with E-state index in [4.69, 9.17) is 4.42 Å². The van der Waals surface area contributed by atoms with Crippen LogP contribution in [0.1, 0.15) is 52.5 Å². The number of fused-ring (bicyclic) bond motifs is 1. The Kier molecular flexibility index (Phi) is 4.23. The predicted molar refractivity (Wildman–Crippen MR) is 90.8 cm³/mol. The van der Waals surface area contributed by atoms with E-state index in [1.165, 1.54) is 31.1 Å². The van der Waals surface area contributed by atoms with E-state index >= 15 is 0 Å². The van der Waals surface area contributed by atoms with E-state index in [2.05, 4.69) is 16.8 Å². The quantitative estimate of drug-likeness (QED) is 0.935. The third-order valence-electron chi connectivity index (χ3n) is 5.04. The van der Waals surface area contributed by atoms with Crippen LogP contribution in [0.15, 0.2) is 34.5 Å². The van der Waals surface area contributed by atoms with Gasteiger partial charge in [-0.3, -0.25) is 4.79 Å². The van der Waals surface area contributed by atoms with E-state index in [0.29, 0.717) is 17.6 Å². The standard InChI is InChI=1S/C18H22N2O2S/c21-18(13-6-10-22-12-13)20-8-4-14(5-9-20)19-16-2-1-3-17-15(16)7-11-23-17/h6-7,10-12,14,16,19H,1-5,8-9H2/t16-/m0/s1. The van der Waals surface area contributed by atoms with Crippen LogP contribution in [0.3, 0.4) is 0 Å². The van der Waals surface area contributed by atoms with Crippen molar-refractivity contribution in [3.63, 3.8) is 0 Å². The number of piperidine rings is 1. The van der Waals surface area contributed by atoms with Gasteiger partial charge in [0, 0.05) is 30.1 Å². The molecule has 2 aliphatic rings. The van der Waals surface area contributed by atoms with Gasteiger partial charge in [0.2, 0.25) is 0 Å². The van der Waals surface area contributed by atoms with Crippen molar-refractivity contribution < 1.29 is 9.21 Å². The fourth-order valence-electron chi connectivity index (χ4n) is 3.76. The molecular weight excluding hydrogens is 308 g/mol. The topological polar surface area (TPSA) is 45.5 Å². The summed E-state index contributed by atoms with van der Waals surface area (Å²) in [6.45, 7) is 1.65. The highest BCUT2D eigenvalue weighted by atomic mass is 32.1. The summed E-state index contributed by atoms with van der Waals surface area (Å²) in [6.07, 6.45) is 8.90. The van der Waals surface area contributed by atoms with Gasteiger partial charge in [0.1, 0.15) is 6.26 Å². The highest BCUT2D eigenvalue weighted by molar-refractivity contribution is 7.10. The van der Waals surface area contributed by atoms with Crippen molar-refractivity contribution in [2.45, 2.75) is 44.2 Å². The molecule has 2 aromatic rings. The zero-order valence-corrected chi connectivity index (χ0v) is 14.0. The van der Waals surface area contributed by atoms with Crippen molar-refractivity contribution in [2.75, 3.05) is 13.1 Å². The second-order valence-corrected chi connectivity index (χ2v) is 7.49. The number of likely N-dealkylation sites (tertiary alicyclic amines) is 1. The van der Waals surface area contributed by atoms with Crippen LogP contribution < -0.4 is 5.32 Å². The largest absolute Gasteiger partial charge is 0.472 e. The Bertz CT molecular complexity index is 656. The Balaban J connectivity index is 1.33. The van der Waals surface area contributed by atoms with Crippen molar-refractivity contribution in [1.29, 1.82) is 0 Å². The van der Waals surface area contributed by atoms with Crippen molar-refractivity contribution in [1.82, 2.24) is 10.2 Å². The van der Waals surface area contributed by atoms with Gasteiger partial charge in [0.25, 0.3) is 5.91 Å². The van der Waals surface area contributed by atoms with E-state index in [0.717, 1.165) is 25.9 Å². The first-order valence-electron chi connectivity index (χ1n) is 8.45. The summed E-state index contributed by atoms with van der Waals surface area (Å²) in [7, 11) is 0. The molecule has 23 heavy (non-hydrogen) atoms. The highest BCUT2D eigenvalue weighted by Crippen LogP contribution is 2.34. The number of carbonyl (C=O) groups is 1. The molecule has 1 amide bonds. The number of nitrogens with one attached hydrogen (secondary N) is 1. The van der Waals surface area contributed by atoms with Crippen LogP contribution in [-0.4, -0.2) is 29.9 Å².